The summed E-state index contributed by atoms with van der Waals surface area (Å²) in [4.78, 5) is 13.9. The van der Waals surface area contributed by atoms with Crippen LogP contribution in [0, 0.1) is 0 Å². The lowest BCUT2D eigenvalue weighted by Crippen LogP contribution is -2.33. The summed E-state index contributed by atoms with van der Waals surface area (Å²) in [5.74, 6) is -0.255. The Bertz CT molecular complexity index is 500. The van der Waals surface area contributed by atoms with E-state index in [1.165, 1.54) is 5.56 Å². The Balaban J connectivity index is 0.00000220. The Morgan fingerprint density at radius 3 is 2.57 bits per heavy atom. The Kier molecular flexibility index (Phi) is 6.72. The number of esters is 1. The first-order valence-corrected chi connectivity index (χ1v) is 6.94. The summed E-state index contributed by atoms with van der Waals surface area (Å²) in [7, 11) is 0. The number of aliphatic hydroxyl groups is 1. The van der Waals surface area contributed by atoms with Gasteiger partial charge in [0.25, 0.3) is 0 Å². The molecule has 0 radical (unpaired) electrons. The van der Waals surface area contributed by atoms with Gasteiger partial charge >= 0.3 is 5.97 Å². The van der Waals surface area contributed by atoms with Gasteiger partial charge in [0.2, 0.25) is 0 Å². The Hall–Kier alpha value is -1.52. The molecule has 116 valence electrons. The predicted octanol–water partition coefficient (Wildman–Crippen LogP) is 3.08. The van der Waals surface area contributed by atoms with E-state index in [2.05, 4.69) is 17.0 Å². The molecule has 21 heavy (non-hydrogen) atoms. The molecule has 1 aliphatic heterocycles. The topological polar surface area (TPSA) is 49.8 Å². The van der Waals surface area contributed by atoms with Crippen molar-refractivity contribution in [2.45, 2.75) is 32.9 Å². The number of nitrogens with zero attached hydrogens (tertiary/aromatic N) is 1. The fourth-order valence-electron chi connectivity index (χ4n) is 2.28. The van der Waals surface area contributed by atoms with Crippen LogP contribution in [0.25, 0.3) is 0 Å². The molecule has 0 aliphatic carbocycles. The molecule has 0 amide bonds. The van der Waals surface area contributed by atoms with E-state index in [0.717, 1.165) is 13.1 Å². The summed E-state index contributed by atoms with van der Waals surface area (Å²) in [5, 5.41) is 10.0. The molecule has 0 unspecified atom stereocenters. The van der Waals surface area contributed by atoms with Crippen molar-refractivity contribution in [3.63, 3.8) is 0 Å². The molecule has 4 nitrogen and oxygen atoms in total. The SMILES string of the molecule is CC(C)OC(=O)C1=C(O)CN(Cc2ccccc2)CC1.Cl. The maximum atomic E-state index is 11.8. The van der Waals surface area contributed by atoms with Gasteiger partial charge in [0.15, 0.2) is 0 Å². The van der Waals surface area contributed by atoms with Crippen molar-refractivity contribution in [2.75, 3.05) is 13.1 Å². The minimum absolute atomic E-state index is 0. The summed E-state index contributed by atoms with van der Waals surface area (Å²) in [6.07, 6.45) is 0.370. The molecule has 0 atom stereocenters. The molecule has 0 spiro atoms. The van der Waals surface area contributed by atoms with E-state index >= 15 is 0 Å². The molecular formula is C16H22ClNO3. The third-order valence-corrected chi connectivity index (χ3v) is 3.24. The van der Waals surface area contributed by atoms with Crippen molar-refractivity contribution >= 4 is 18.4 Å². The largest absolute Gasteiger partial charge is 0.510 e. The van der Waals surface area contributed by atoms with E-state index < -0.39 is 5.97 Å². The first-order chi connectivity index (χ1) is 9.56. The number of aliphatic hydroxyl groups excluding tert-OH is 1. The molecule has 0 bridgehead atoms. The van der Waals surface area contributed by atoms with Crippen molar-refractivity contribution in [3.05, 3.63) is 47.2 Å². The van der Waals surface area contributed by atoms with Gasteiger partial charge < -0.3 is 9.84 Å². The highest BCUT2D eigenvalue weighted by Crippen LogP contribution is 2.19. The van der Waals surface area contributed by atoms with Gasteiger partial charge in [-0.2, -0.15) is 0 Å². The van der Waals surface area contributed by atoms with Crippen LogP contribution >= 0.6 is 12.4 Å². The number of halogens is 1. The van der Waals surface area contributed by atoms with Crippen LogP contribution in [0.4, 0.5) is 0 Å². The van der Waals surface area contributed by atoms with Gasteiger partial charge in [-0.3, -0.25) is 4.90 Å². The molecule has 1 heterocycles. The average molecular weight is 312 g/mol. The fourth-order valence-corrected chi connectivity index (χ4v) is 2.28. The van der Waals surface area contributed by atoms with E-state index in [-0.39, 0.29) is 24.3 Å². The van der Waals surface area contributed by atoms with Gasteiger partial charge in [0, 0.05) is 13.1 Å². The molecule has 5 heteroatoms. The number of carbonyl (C=O) groups is 1. The second-order valence-corrected chi connectivity index (χ2v) is 5.33. The van der Waals surface area contributed by atoms with Crippen LogP contribution in [-0.4, -0.2) is 35.2 Å². The molecule has 0 aromatic heterocycles. The van der Waals surface area contributed by atoms with Gasteiger partial charge in [0.1, 0.15) is 5.76 Å². The summed E-state index contributed by atoms with van der Waals surface area (Å²) < 4.78 is 5.14. The first-order valence-electron chi connectivity index (χ1n) is 6.94. The molecule has 1 aromatic rings. The van der Waals surface area contributed by atoms with Crippen LogP contribution in [-0.2, 0) is 16.1 Å². The highest BCUT2D eigenvalue weighted by atomic mass is 35.5. The highest BCUT2D eigenvalue weighted by molar-refractivity contribution is 5.89. The van der Waals surface area contributed by atoms with Crippen LogP contribution in [0.15, 0.2) is 41.7 Å². The lowest BCUT2D eigenvalue weighted by atomic mass is 10.1. The molecule has 0 saturated carbocycles. The number of hydrogen-bond donors (Lipinski definition) is 1. The smallest absolute Gasteiger partial charge is 0.337 e. The van der Waals surface area contributed by atoms with Crippen molar-refractivity contribution in [3.8, 4) is 0 Å². The zero-order chi connectivity index (χ0) is 14.5. The number of carbonyl (C=O) groups excluding carboxylic acids is 1. The van der Waals surface area contributed by atoms with Crippen molar-refractivity contribution in [2.24, 2.45) is 0 Å². The molecule has 1 N–H and O–H groups in total. The average Bonchev–Trinajstić information content (AvgIpc) is 2.39. The van der Waals surface area contributed by atoms with Gasteiger partial charge in [0.05, 0.1) is 18.2 Å². The van der Waals surface area contributed by atoms with Crippen LogP contribution in [0.2, 0.25) is 0 Å². The lowest BCUT2D eigenvalue weighted by molar-refractivity contribution is -0.143. The summed E-state index contributed by atoms with van der Waals surface area (Å²) >= 11 is 0. The Labute approximate surface area is 131 Å². The number of benzene rings is 1. The maximum absolute atomic E-state index is 11.8. The number of hydrogen-bond acceptors (Lipinski definition) is 4. The monoisotopic (exact) mass is 311 g/mol. The van der Waals surface area contributed by atoms with Gasteiger partial charge in [-0.1, -0.05) is 30.3 Å². The molecule has 1 aromatic carbocycles. The second kappa shape index (κ2) is 8.05. The number of rotatable bonds is 4. The van der Waals surface area contributed by atoms with Crippen LogP contribution < -0.4 is 0 Å². The fraction of sp³-hybridized carbons (Fsp3) is 0.438. The summed E-state index contributed by atoms with van der Waals surface area (Å²) in [6.45, 7) is 5.54. The second-order valence-electron chi connectivity index (χ2n) is 5.33. The molecule has 0 saturated heterocycles. The van der Waals surface area contributed by atoms with Crippen LogP contribution in [0.5, 0.6) is 0 Å². The van der Waals surface area contributed by atoms with Crippen LogP contribution in [0.1, 0.15) is 25.8 Å². The predicted molar refractivity (Wildman–Crippen MR) is 84.5 cm³/mol. The molecule has 2 rings (SSSR count). The summed E-state index contributed by atoms with van der Waals surface area (Å²) in [5.41, 5.74) is 1.62. The van der Waals surface area contributed by atoms with E-state index in [4.69, 9.17) is 4.74 Å². The Morgan fingerprint density at radius 1 is 1.33 bits per heavy atom. The Morgan fingerprint density at radius 2 is 2.00 bits per heavy atom. The number of ether oxygens (including phenoxy) is 1. The van der Waals surface area contributed by atoms with Crippen molar-refractivity contribution < 1.29 is 14.6 Å². The van der Waals surface area contributed by atoms with Crippen molar-refractivity contribution in [1.29, 1.82) is 0 Å². The van der Waals surface area contributed by atoms with Crippen LogP contribution in [0.3, 0.4) is 0 Å². The zero-order valence-corrected chi connectivity index (χ0v) is 13.2. The minimum Gasteiger partial charge on any atom is -0.510 e. The maximum Gasteiger partial charge on any atom is 0.337 e. The lowest BCUT2D eigenvalue weighted by Gasteiger charge is -2.27. The molecular weight excluding hydrogens is 290 g/mol. The van der Waals surface area contributed by atoms with Gasteiger partial charge in [-0.25, -0.2) is 4.79 Å². The van der Waals surface area contributed by atoms with Gasteiger partial charge in [-0.15, -0.1) is 12.4 Å². The van der Waals surface area contributed by atoms with E-state index in [1.54, 1.807) is 13.8 Å². The quantitative estimate of drug-likeness (QED) is 0.868. The normalized spacial score (nSPS) is 15.8. The van der Waals surface area contributed by atoms with Crippen molar-refractivity contribution in [1.82, 2.24) is 4.90 Å². The zero-order valence-electron chi connectivity index (χ0n) is 12.4. The standard InChI is InChI=1S/C16H21NO3.ClH/c1-12(2)20-16(19)14-8-9-17(11-15(14)18)10-13-6-4-3-5-7-13;/h3-7,12,18H,8-11H2,1-2H3;1H. The van der Waals surface area contributed by atoms with Gasteiger partial charge in [-0.05, 0) is 25.8 Å². The molecule has 1 aliphatic rings. The summed E-state index contributed by atoms with van der Waals surface area (Å²) in [6, 6.07) is 10.1. The first kappa shape index (κ1) is 17.5. The minimum atomic E-state index is -0.392. The third kappa shape index (κ3) is 5.06. The molecule has 0 fully saturated rings. The van der Waals surface area contributed by atoms with E-state index in [1.807, 2.05) is 18.2 Å². The van der Waals surface area contributed by atoms with E-state index in [9.17, 15) is 9.90 Å². The van der Waals surface area contributed by atoms with E-state index in [0.29, 0.717) is 18.5 Å². The highest BCUT2D eigenvalue weighted by Gasteiger charge is 2.24. The third-order valence-electron chi connectivity index (χ3n) is 3.24.